The number of rotatable bonds is 2. The molecule has 0 unspecified atom stereocenters. The lowest BCUT2D eigenvalue weighted by Crippen LogP contribution is -2.12. The molecule has 1 aromatic heterocycles. The summed E-state index contributed by atoms with van der Waals surface area (Å²) in [4.78, 5) is 16.0. The summed E-state index contributed by atoms with van der Waals surface area (Å²) in [5, 5.41) is 2.78. The molecule has 0 aliphatic carbocycles. The van der Waals surface area contributed by atoms with Crippen LogP contribution in [-0.2, 0) is 18.0 Å². The molecule has 2 heterocycles. The standard InChI is InChI=1S/C14H13N3O2/c15-13-4-3-12(6-16-13)17-14(18)9-1-2-10-7-19-8-11(10)5-9/h1-6H,7-8H2,(H2,15,16)(H,17,18). The minimum absolute atomic E-state index is 0.165. The normalized spacial score (nSPS) is 13.1. The monoisotopic (exact) mass is 255 g/mol. The summed E-state index contributed by atoms with van der Waals surface area (Å²) in [7, 11) is 0. The molecule has 96 valence electrons. The van der Waals surface area contributed by atoms with E-state index in [4.69, 9.17) is 10.5 Å². The van der Waals surface area contributed by atoms with Gasteiger partial charge in [0.15, 0.2) is 0 Å². The van der Waals surface area contributed by atoms with Crippen LogP contribution in [-0.4, -0.2) is 10.9 Å². The summed E-state index contributed by atoms with van der Waals surface area (Å²) in [6.07, 6.45) is 1.53. The number of carbonyl (C=O) groups excluding carboxylic acids is 1. The van der Waals surface area contributed by atoms with Crippen LogP contribution in [0.15, 0.2) is 36.5 Å². The number of fused-ring (bicyclic) bond motifs is 1. The largest absolute Gasteiger partial charge is 0.384 e. The van der Waals surface area contributed by atoms with Gasteiger partial charge in [-0.05, 0) is 35.4 Å². The van der Waals surface area contributed by atoms with Crippen molar-refractivity contribution in [1.82, 2.24) is 4.98 Å². The molecule has 19 heavy (non-hydrogen) atoms. The SMILES string of the molecule is Nc1ccc(NC(=O)c2ccc3c(c2)COC3)cn1. The number of hydrogen-bond donors (Lipinski definition) is 2. The summed E-state index contributed by atoms with van der Waals surface area (Å²) in [5.41, 5.74) is 8.94. The molecule has 3 N–H and O–H groups in total. The van der Waals surface area contributed by atoms with Gasteiger partial charge in [-0.15, -0.1) is 0 Å². The fourth-order valence-electron chi connectivity index (χ4n) is 2.00. The first-order chi connectivity index (χ1) is 9.22. The van der Waals surface area contributed by atoms with Gasteiger partial charge in [-0.2, -0.15) is 0 Å². The summed E-state index contributed by atoms with van der Waals surface area (Å²) in [6, 6.07) is 8.96. The highest BCUT2D eigenvalue weighted by molar-refractivity contribution is 6.04. The maximum Gasteiger partial charge on any atom is 0.255 e. The molecular weight excluding hydrogens is 242 g/mol. The van der Waals surface area contributed by atoms with Crippen molar-refractivity contribution in [1.29, 1.82) is 0 Å². The van der Waals surface area contributed by atoms with E-state index in [2.05, 4.69) is 10.3 Å². The van der Waals surface area contributed by atoms with Crippen molar-refractivity contribution in [2.75, 3.05) is 11.1 Å². The number of nitrogen functional groups attached to an aromatic ring is 1. The Bertz CT molecular complexity index is 623. The van der Waals surface area contributed by atoms with Gasteiger partial charge in [0.05, 0.1) is 25.1 Å². The minimum Gasteiger partial charge on any atom is -0.384 e. The van der Waals surface area contributed by atoms with Crippen LogP contribution in [0.5, 0.6) is 0 Å². The van der Waals surface area contributed by atoms with Crippen molar-refractivity contribution in [3.8, 4) is 0 Å². The lowest BCUT2D eigenvalue weighted by molar-refractivity contribution is 0.102. The predicted octanol–water partition coefficient (Wildman–Crippen LogP) is 1.95. The Morgan fingerprint density at radius 3 is 2.84 bits per heavy atom. The van der Waals surface area contributed by atoms with Crippen LogP contribution < -0.4 is 11.1 Å². The molecule has 3 rings (SSSR count). The van der Waals surface area contributed by atoms with Gasteiger partial charge in [0.1, 0.15) is 5.82 Å². The number of carbonyl (C=O) groups is 1. The van der Waals surface area contributed by atoms with Crippen LogP contribution in [0.2, 0.25) is 0 Å². The number of nitrogens with two attached hydrogens (primary N) is 1. The fourth-order valence-corrected chi connectivity index (χ4v) is 2.00. The molecule has 1 aromatic carbocycles. The Kier molecular flexibility index (Phi) is 2.89. The van der Waals surface area contributed by atoms with Crippen LogP contribution in [0.25, 0.3) is 0 Å². The number of amides is 1. The van der Waals surface area contributed by atoms with Crippen molar-refractivity contribution in [3.63, 3.8) is 0 Å². The van der Waals surface area contributed by atoms with E-state index in [-0.39, 0.29) is 5.91 Å². The molecule has 2 aromatic rings. The Balaban J connectivity index is 1.78. The number of pyridine rings is 1. The van der Waals surface area contributed by atoms with Gasteiger partial charge in [0, 0.05) is 5.56 Å². The Morgan fingerprint density at radius 2 is 2.05 bits per heavy atom. The molecule has 0 radical (unpaired) electrons. The van der Waals surface area contributed by atoms with Gasteiger partial charge in [-0.25, -0.2) is 4.98 Å². The third-order valence-corrected chi connectivity index (χ3v) is 3.03. The third-order valence-electron chi connectivity index (χ3n) is 3.03. The minimum atomic E-state index is -0.165. The molecule has 0 spiro atoms. The summed E-state index contributed by atoms with van der Waals surface area (Å²) in [6.45, 7) is 1.19. The zero-order valence-electron chi connectivity index (χ0n) is 10.2. The number of anilines is 2. The molecular formula is C14H13N3O2. The quantitative estimate of drug-likeness (QED) is 0.859. The van der Waals surface area contributed by atoms with Gasteiger partial charge in [0.25, 0.3) is 5.91 Å². The van der Waals surface area contributed by atoms with Crippen LogP contribution in [0, 0.1) is 0 Å². The molecule has 5 nitrogen and oxygen atoms in total. The van der Waals surface area contributed by atoms with Crippen LogP contribution in [0.1, 0.15) is 21.5 Å². The average Bonchev–Trinajstić information content (AvgIpc) is 2.88. The summed E-state index contributed by atoms with van der Waals surface area (Å²) >= 11 is 0. The van der Waals surface area contributed by atoms with Crippen molar-refractivity contribution in [2.45, 2.75) is 13.2 Å². The average molecular weight is 255 g/mol. The fraction of sp³-hybridized carbons (Fsp3) is 0.143. The van der Waals surface area contributed by atoms with E-state index in [9.17, 15) is 4.79 Å². The number of ether oxygens (including phenoxy) is 1. The van der Waals surface area contributed by atoms with Gasteiger partial charge in [0.2, 0.25) is 0 Å². The maximum absolute atomic E-state index is 12.1. The van der Waals surface area contributed by atoms with Crippen molar-refractivity contribution in [3.05, 3.63) is 53.2 Å². The molecule has 1 aliphatic heterocycles. The van der Waals surface area contributed by atoms with E-state index < -0.39 is 0 Å². The highest BCUT2D eigenvalue weighted by atomic mass is 16.5. The number of nitrogens with zero attached hydrogens (tertiary/aromatic N) is 1. The van der Waals surface area contributed by atoms with Crippen LogP contribution in [0.4, 0.5) is 11.5 Å². The zero-order valence-corrected chi connectivity index (χ0v) is 10.2. The van der Waals surface area contributed by atoms with E-state index in [0.29, 0.717) is 30.3 Å². The van der Waals surface area contributed by atoms with E-state index in [1.54, 1.807) is 18.2 Å². The second-order valence-corrected chi connectivity index (χ2v) is 4.40. The van der Waals surface area contributed by atoms with Gasteiger partial charge >= 0.3 is 0 Å². The van der Waals surface area contributed by atoms with Crippen LogP contribution in [0.3, 0.4) is 0 Å². The number of aromatic nitrogens is 1. The Hall–Kier alpha value is -2.40. The molecule has 1 aliphatic rings. The molecule has 0 saturated carbocycles. The molecule has 1 amide bonds. The lowest BCUT2D eigenvalue weighted by atomic mass is 10.1. The van der Waals surface area contributed by atoms with Crippen molar-refractivity contribution < 1.29 is 9.53 Å². The number of nitrogens with one attached hydrogen (secondary N) is 1. The highest BCUT2D eigenvalue weighted by Crippen LogP contribution is 2.21. The van der Waals surface area contributed by atoms with E-state index in [1.807, 2.05) is 12.1 Å². The van der Waals surface area contributed by atoms with E-state index in [0.717, 1.165) is 11.1 Å². The van der Waals surface area contributed by atoms with Crippen molar-refractivity contribution in [2.24, 2.45) is 0 Å². The predicted molar refractivity (Wildman–Crippen MR) is 71.5 cm³/mol. The number of benzene rings is 1. The molecule has 0 atom stereocenters. The smallest absolute Gasteiger partial charge is 0.255 e. The van der Waals surface area contributed by atoms with Crippen LogP contribution >= 0.6 is 0 Å². The van der Waals surface area contributed by atoms with Gasteiger partial charge < -0.3 is 15.8 Å². The zero-order chi connectivity index (χ0) is 13.2. The highest BCUT2D eigenvalue weighted by Gasteiger charge is 2.14. The topological polar surface area (TPSA) is 77.2 Å². The molecule has 5 heteroatoms. The van der Waals surface area contributed by atoms with Crippen molar-refractivity contribution >= 4 is 17.4 Å². The molecule has 0 fully saturated rings. The number of hydrogen-bond acceptors (Lipinski definition) is 4. The maximum atomic E-state index is 12.1. The molecule has 0 bridgehead atoms. The molecule has 0 saturated heterocycles. The van der Waals surface area contributed by atoms with Gasteiger partial charge in [-0.3, -0.25) is 4.79 Å². The first-order valence-electron chi connectivity index (χ1n) is 5.95. The first-order valence-corrected chi connectivity index (χ1v) is 5.95. The Morgan fingerprint density at radius 1 is 1.21 bits per heavy atom. The van der Waals surface area contributed by atoms with Gasteiger partial charge in [-0.1, -0.05) is 6.07 Å². The second-order valence-electron chi connectivity index (χ2n) is 4.40. The summed E-state index contributed by atoms with van der Waals surface area (Å²) < 4.78 is 5.33. The third kappa shape index (κ3) is 2.41. The summed E-state index contributed by atoms with van der Waals surface area (Å²) in [5.74, 6) is 0.258. The second kappa shape index (κ2) is 4.70. The first kappa shape index (κ1) is 11.7. The Labute approximate surface area is 110 Å². The lowest BCUT2D eigenvalue weighted by Gasteiger charge is -2.06. The van der Waals surface area contributed by atoms with E-state index in [1.165, 1.54) is 6.20 Å². The van der Waals surface area contributed by atoms with E-state index >= 15 is 0 Å².